The number of aliphatic hydroxyl groups is 4. The van der Waals surface area contributed by atoms with Gasteiger partial charge >= 0.3 is 0 Å². The molecule has 0 rings (SSSR count). The molecule has 3 unspecified atom stereocenters. The summed E-state index contributed by atoms with van der Waals surface area (Å²) in [5, 5.41) is 36.6. The van der Waals surface area contributed by atoms with Gasteiger partial charge in [0.2, 0.25) is 0 Å². The molecule has 0 saturated heterocycles. The molecule has 0 fully saturated rings. The Bertz CT molecular complexity index is 166. The molecule has 104 valence electrons. The fourth-order valence-electron chi connectivity index (χ4n) is 1.56. The summed E-state index contributed by atoms with van der Waals surface area (Å²) in [7, 11) is 0. The number of aliphatic hydroxyl groups excluding tert-OH is 4. The van der Waals surface area contributed by atoms with Gasteiger partial charge in [0.15, 0.2) is 0 Å². The summed E-state index contributed by atoms with van der Waals surface area (Å²) in [4.78, 5) is 0. The average Bonchev–Trinajstić information content (AvgIpc) is 2.35. The second kappa shape index (κ2) is 10.9. The third-order valence-corrected chi connectivity index (χ3v) is 2.45. The van der Waals surface area contributed by atoms with Gasteiger partial charge in [-0.2, -0.15) is 0 Å². The van der Waals surface area contributed by atoms with Gasteiger partial charge in [0, 0.05) is 19.1 Å². The van der Waals surface area contributed by atoms with Gasteiger partial charge in [-0.25, -0.2) is 0 Å². The van der Waals surface area contributed by atoms with Gasteiger partial charge in [0.1, 0.15) is 0 Å². The molecule has 0 bridgehead atoms. The summed E-state index contributed by atoms with van der Waals surface area (Å²) in [6, 6.07) is 0. The van der Waals surface area contributed by atoms with Crippen molar-refractivity contribution in [2.45, 2.75) is 25.6 Å². The van der Waals surface area contributed by atoms with Crippen molar-refractivity contribution in [2.24, 2.45) is 5.92 Å². The second-order valence-electron chi connectivity index (χ2n) is 3.81. The summed E-state index contributed by atoms with van der Waals surface area (Å²) in [6.07, 6.45) is -0.991. The first-order valence-corrected chi connectivity index (χ1v) is 5.89. The molecule has 0 aromatic heterocycles. The molecular formula is C11H24O6. The highest BCUT2D eigenvalue weighted by molar-refractivity contribution is 4.73. The quantitative estimate of drug-likeness (QED) is 0.367. The predicted octanol–water partition coefficient (Wildman–Crippen LogP) is -1.25. The number of rotatable bonds is 11. The first-order valence-electron chi connectivity index (χ1n) is 5.89. The molecule has 3 atom stereocenters. The van der Waals surface area contributed by atoms with Crippen molar-refractivity contribution >= 4 is 0 Å². The Hall–Kier alpha value is -0.240. The van der Waals surface area contributed by atoms with E-state index in [0.717, 1.165) is 0 Å². The van der Waals surface area contributed by atoms with Crippen molar-refractivity contribution < 1.29 is 29.9 Å². The molecule has 0 saturated carbocycles. The monoisotopic (exact) mass is 252 g/mol. The van der Waals surface area contributed by atoms with Crippen LogP contribution >= 0.6 is 0 Å². The summed E-state index contributed by atoms with van der Waals surface area (Å²) in [6.45, 7) is 2.05. The van der Waals surface area contributed by atoms with Crippen LogP contribution in [-0.4, -0.2) is 72.3 Å². The highest BCUT2D eigenvalue weighted by atomic mass is 16.5. The van der Waals surface area contributed by atoms with Gasteiger partial charge in [-0.15, -0.1) is 0 Å². The van der Waals surface area contributed by atoms with Crippen LogP contribution in [0, 0.1) is 5.92 Å². The summed E-state index contributed by atoms with van der Waals surface area (Å²) >= 11 is 0. The Kier molecular flexibility index (Phi) is 10.7. The second-order valence-corrected chi connectivity index (χ2v) is 3.81. The molecule has 0 radical (unpaired) electrons. The summed E-state index contributed by atoms with van der Waals surface area (Å²) < 4.78 is 10.2. The highest BCUT2D eigenvalue weighted by Gasteiger charge is 2.23. The molecule has 0 aliphatic heterocycles. The lowest BCUT2D eigenvalue weighted by atomic mass is 9.96. The van der Waals surface area contributed by atoms with Gasteiger partial charge in [0.05, 0.1) is 38.6 Å². The van der Waals surface area contributed by atoms with Crippen molar-refractivity contribution in [3.05, 3.63) is 0 Å². The normalized spacial score (nSPS) is 16.8. The maximum absolute atomic E-state index is 9.63. The van der Waals surface area contributed by atoms with Crippen LogP contribution in [0.1, 0.15) is 13.3 Å². The van der Waals surface area contributed by atoms with Crippen molar-refractivity contribution in [3.8, 4) is 0 Å². The first-order chi connectivity index (χ1) is 8.19. The van der Waals surface area contributed by atoms with E-state index in [1.54, 1.807) is 0 Å². The Balaban J connectivity index is 4.07. The number of ether oxygens (including phenoxy) is 2. The van der Waals surface area contributed by atoms with Gasteiger partial charge in [-0.3, -0.25) is 0 Å². The van der Waals surface area contributed by atoms with E-state index in [1.165, 1.54) is 0 Å². The van der Waals surface area contributed by atoms with Crippen LogP contribution in [0.25, 0.3) is 0 Å². The van der Waals surface area contributed by atoms with E-state index in [1.807, 2.05) is 6.92 Å². The minimum absolute atomic E-state index is 0.100. The van der Waals surface area contributed by atoms with Crippen LogP contribution in [-0.2, 0) is 9.47 Å². The van der Waals surface area contributed by atoms with Crippen molar-refractivity contribution in [1.82, 2.24) is 0 Å². The highest BCUT2D eigenvalue weighted by Crippen LogP contribution is 2.14. The molecule has 4 N–H and O–H groups in total. The zero-order valence-electron chi connectivity index (χ0n) is 10.3. The molecule has 6 nitrogen and oxygen atoms in total. The molecule has 0 aliphatic carbocycles. The predicted molar refractivity (Wildman–Crippen MR) is 61.6 cm³/mol. The van der Waals surface area contributed by atoms with Crippen molar-refractivity contribution in [3.63, 3.8) is 0 Å². The molecule has 17 heavy (non-hydrogen) atoms. The van der Waals surface area contributed by atoms with E-state index in [9.17, 15) is 10.2 Å². The minimum Gasteiger partial charge on any atom is -0.396 e. The Morgan fingerprint density at radius 3 is 2.29 bits per heavy atom. The smallest absolute Gasteiger partial charge is 0.0857 e. The van der Waals surface area contributed by atoms with E-state index in [0.29, 0.717) is 6.61 Å². The molecule has 0 heterocycles. The van der Waals surface area contributed by atoms with Crippen molar-refractivity contribution in [1.29, 1.82) is 0 Å². The standard InChI is InChI=1S/C11H24O6/c1-2-16-8-10(15)5-9(6-13)11(7-14)17-4-3-12/h9-15H,2-8H2,1H3. The minimum atomic E-state index is -0.695. The summed E-state index contributed by atoms with van der Waals surface area (Å²) in [5.74, 6) is -0.373. The van der Waals surface area contributed by atoms with E-state index >= 15 is 0 Å². The topological polar surface area (TPSA) is 99.4 Å². The lowest BCUT2D eigenvalue weighted by Gasteiger charge is -2.25. The van der Waals surface area contributed by atoms with Crippen LogP contribution in [0.4, 0.5) is 0 Å². The van der Waals surface area contributed by atoms with Gasteiger partial charge in [-0.05, 0) is 13.3 Å². The summed E-state index contributed by atoms with van der Waals surface area (Å²) in [5.41, 5.74) is 0. The fraction of sp³-hybridized carbons (Fsp3) is 1.00. The average molecular weight is 252 g/mol. The van der Waals surface area contributed by atoms with Crippen LogP contribution in [0.15, 0.2) is 0 Å². The Morgan fingerprint density at radius 2 is 1.82 bits per heavy atom. The zero-order chi connectivity index (χ0) is 13.1. The van der Waals surface area contributed by atoms with E-state index in [2.05, 4.69) is 0 Å². The molecule has 0 aromatic carbocycles. The number of hydrogen-bond acceptors (Lipinski definition) is 6. The van der Waals surface area contributed by atoms with Gasteiger partial charge < -0.3 is 29.9 Å². The lowest BCUT2D eigenvalue weighted by Crippen LogP contribution is -2.35. The Morgan fingerprint density at radius 1 is 1.12 bits per heavy atom. The molecular weight excluding hydrogens is 228 g/mol. The number of hydrogen-bond donors (Lipinski definition) is 4. The van der Waals surface area contributed by atoms with Gasteiger partial charge in [0.25, 0.3) is 0 Å². The van der Waals surface area contributed by atoms with Crippen LogP contribution in [0.3, 0.4) is 0 Å². The van der Waals surface area contributed by atoms with Crippen molar-refractivity contribution in [2.75, 3.05) is 39.6 Å². The van der Waals surface area contributed by atoms with Gasteiger partial charge in [-0.1, -0.05) is 0 Å². The largest absolute Gasteiger partial charge is 0.396 e. The molecule has 0 aliphatic rings. The third kappa shape index (κ3) is 7.64. The maximum atomic E-state index is 9.63. The van der Waals surface area contributed by atoms with E-state index in [-0.39, 0.29) is 45.4 Å². The molecule has 0 amide bonds. The first kappa shape index (κ1) is 16.8. The molecule has 0 aromatic rings. The zero-order valence-corrected chi connectivity index (χ0v) is 10.3. The van der Waals surface area contributed by atoms with Crippen LogP contribution in [0.5, 0.6) is 0 Å². The van der Waals surface area contributed by atoms with E-state index < -0.39 is 12.2 Å². The molecule has 6 heteroatoms. The molecule has 0 spiro atoms. The fourth-order valence-corrected chi connectivity index (χ4v) is 1.56. The Labute approximate surface area is 102 Å². The lowest BCUT2D eigenvalue weighted by molar-refractivity contribution is -0.0659. The SMILES string of the molecule is CCOCC(O)CC(CO)C(CO)OCCO. The third-order valence-electron chi connectivity index (χ3n) is 2.45. The van der Waals surface area contributed by atoms with Crippen LogP contribution in [0.2, 0.25) is 0 Å². The van der Waals surface area contributed by atoms with E-state index in [4.69, 9.17) is 19.7 Å². The maximum Gasteiger partial charge on any atom is 0.0857 e. The van der Waals surface area contributed by atoms with Crippen LogP contribution < -0.4 is 0 Å².